The number of urea groups is 1. The van der Waals surface area contributed by atoms with Crippen LogP contribution in [0.15, 0.2) is 30.6 Å². The maximum atomic E-state index is 13.0. The number of hydrogen-bond acceptors (Lipinski definition) is 6. The topological polar surface area (TPSA) is 73.8 Å². The third-order valence-electron chi connectivity index (χ3n) is 5.39. The van der Waals surface area contributed by atoms with Crippen molar-refractivity contribution in [3.05, 3.63) is 41.2 Å². The van der Waals surface area contributed by atoms with Crippen LogP contribution in [-0.2, 0) is 10.9 Å². The van der Waals surface area contributed by atoms with Gasteiger partial charge in [-0.15, -0.1) is 0 Å². The predicted molar refractivity (Wildman–Crippen MR) is 114 cm³/mol. The summed E-state index contributed by atoms with van der Waals surface area (Å²) in [6, 6.07) is 4.77. The fraction of sp³-hybridized carbons (Fsp3) is 0.450. The first-order valence-corrected chi connectivity index (χ1v) is 10.5. The zero-order valence-corrected chi connectivity index (χ0v) is 17.9. The van der Waals surface area contributed by atoms with Crippen LogP contribution in [0.2, 0.25) is 5.02 Å². The van der Waals surface area contributed by atoms with Gasteiger partial charge in [0.15, 0.2) is 0 Å². The lowest BCUT2D eigenvalue weighted by molar-refractivity contribution is -0.137. The van der Waals surface area contributed by atoms with Gasteiger partial charge in [0.1, 0.15) is 18.0 Å². The Labute approximate surface area is 187 Å². The van der Waals surface area contributed by atoms with Crippen molar-refractivity contribution in [3.8, 4) is 0 Å². The van der Waals surface area contributed by atoms with Gasteiger partial charge in [0, 0.05) is 51.0 Å². The Bertz CT molecular complexity index is 963. The third-order valence-corrected chi connectivity index (χ3v) is 5.72. The predicted octanol–water partition coefficient (Wildman–Crippen LogP) is 3.34. The first-order valence-electron chi connectivity index (χ1n) is 10.1. The monoisotopic (exact) mass is 470 g/mol. The zero-order chi connectivity index (χ0) is 22.7. The molecular weight excluding hydrogens is 449 g/mol. The second kappa shape index (κ2) is 9.37. The number of amides is 2. The summed E-state index contributed by atoms with van der Waals surface area (Å²) >= 11 is 5.63. The second-order valence-corrected chi connectivity index (χ2v) is 7.84. The number of piperazine rings is 1. The average molecular weight is 471 g/mol. The van der Waals surface area contributed by atoms with E-state index in [2.05, 4.69) is 25.1 Å². The Morgan fingerprint density at radius 3 is 2.22 bits per heavy atom. The van der Waals surface area contributed by atoms with Gasteiger partial charge in [-0.3, -0.25) is 0 Å². The fourth-order valence-corrected chi connectivity index (χ4v) is 3.86. The molecule has 2 saturated heterocycles. The molecule has 0 bridgehead atoms. The molecule has 8 nitrogen and oxygen atoms in total. The fourth-order valence-electron chi connectivity index (χ4n) is 3.64. The summed E-state index contributed by atoms with van der Waals surface area (Å²) in [5, 5.41) is 2.11. The molecule has 1 N–H and O–H groups in total. The number of aromatic nitrogens is 2. The highest BCUT2D eigenvalue weighted by Gasteiger charge is 2.33. The van der Waals surface area contributed by atoms with Crippen molar-refractivity contribution in [2.45, 2.75) is 6.18 Å². The molecule has 1 aromatic carbocycles. The van der Waals surface area contributed by atoms with E-state index in [-0.39, 0.29) is 5.69 Å². The van der Waals surface area contributed by atoms with Crippen LogP contribution in [0.3, 0.4) is 0 Å². The average Bonchev–Trinajstić information content (AvgIpc) is 2.80. The molecule has 3 heterocycles. The molecule has 4 rings (SSSR count). The van der Waals surface area contributed by atoms with E-state index in [4.69, 9.17) is 16.3 Å². The highest BCUT2D eigenvalue weighted by Crippen LogP contribution is 2.36. The molecule has 2 aromatic rings. The molecule has 0 saturated carbocycles. The lowest BCUT2D eigenvalue weighted by Gasteiger charge is -2.36. The first-order chi connectivity index (χ1) is 15.3. The van der Waals surface area contributed by atoms with Crippen LogP contribution in [0.4, 0.5) is 35.3 Å². The molecule has 0 spiro atoms. The van der Waals surface area contributed by atoms with E-state index >= 15 is 0 Å². The smallest absolute Gasteiger partial charge is 0.378 e. The van der Waals surface area contributed by atoms with Gasteiger partial charge >= 0.3 is 12.2 Å². The van der Waals surface area contributed by atoms with E-state index in [0.29, 0.717) is 39.4 Å². The lowest BCUT2D eigenvalue weighted by atomic mass is 10.2. The van der Waals surface area contributed by atoms with Gasteiger partial charge in [0.05, 0.1) is 23.8 Å². The molecule has 2 fully saturated rings. The lowest BCUT2D eigenvalue weighted by Crippen LogP contribution is -2.50. The van der Waals surface area contributed by atoms with Gasteiger partial charge in [-0.1, -0.05) is 11.6 Å². The number of nitrogens with zero attached hydrogens (tertiary/aromatic N) is 5. The number of carbonyl (C=O) groups is 1. The van der Waals surface area contributed by atoms with Crippen molar-refractivity contribution in [3.63, 3.8) is 0 Å². The molecule has 0 aliphatic carbocycles. The summed E-state index contributed by atoms with van der Waals surface area (Å²) in [5.74, 6) is 1.61. The Kier molecular flexibility index (Phi) is 6.56. The van der Waals surface area contributed by atoms with Crippen molar-refractivity contribution < 1.29 is 22.7 Å². The molecule has 2 aliphatic heterocycles. The minimum absolute atomic E-state index is 0.0418. The molecule has 1 aromatic heterocycles. The van der Waals surface area contributed by atoms with Gasteiger partial charge < -0.3 is 24.8 Å². The minimum atomic E-state index is -4.60. The molecule has 172 valence electrons. The number of halogens is 4. The summed E-state index contributed by atoms with van der Waals surface area (Å²) in [6.45, 7) is 4.75. The normalized spacial score (nSPS) is 17.4. The van der Waals surface area contributed by atoms with Crippen molar-refractivity contribution in [2.75, 3.05) is 67.6 Å². The van der Waals surface area contributed by atoms with E-state index < -0.39 is 22.8 Å². The van der Waals surface area contributed by atoms with Crippen LogP contribution in [0.25, 0.3) is 0 Å². The van der Waals surface area contributed by atoms with Crippen LogP contribution in [0, 0.1) is 0 Å². The number of nitrogens with one attached hydrogen (secondary N) is 1. The molecule has 0 unspecified atom stereocenters. The number of anilines is 3. The largest absolute Gasteiger partial charge is 0.417 e. The standard InChI is InChI=1S/C20H22ClF3N6O2/c21-16-2-1-14(11-15(16)20(22,23)24)27-19(31)30-5-3-28(4-6-30)17-12-18(26-13-25-17)29-7-9-32-10-8-29/h1-2,11-13H,3-10H2,(H,27,31). The summed E-state index contributed by atoms with van der Waals surface area (Å²) in [6.07, 6.45) is -3.07. The minimum Gasteiger partial charge on any atom is -0.378 e. The maximum Gasteiger partial charge on any atom is 0.417 e. The van der Waals surface area contributed by atoms with E-state index in [1.54, 1.807) is 4.90 Å². The van der Waals surface area contributed by atoms with Crippen LogP contribution >= 0.6 is 11.6 Å². The Morgan fingerprint density at radius 1 is 0.969 bits per heavy atom. The number of rotatable bonds is 3. The number of benzene rings is 1. The van der Waals surface area contributed by atoms with Gasteiger partial charge in [-0.2, -0.15) is 13.2 Å². The summed E-state index contributed by atoms with van der Waals surface area (Å²) in [4.78, 5) is 27.0. The van der Waals surface area contributed by atoms with Crippen molar-refractivity contribution in [1.82, 2.24) is 14.9 Å². The summed E-state index contributed by atoms with van der Waals surface area (Å²) in [7, 11) is 0. The maximum absolute atomic E-state index is 13.0. The SMILES string of the molecule is O=C(Nc1ccc(Cl)c(C(F)(F)F)c1)N1CCN(c2cc(N3CCOCC3)ncn2)CC1. The molecule has 0 atom stereocenters. The number of ether oxygens (including phenoxy) is 1. The molecule has 2 aliphatic rings. The van der Waals surface area contributed by atoms with Crippen molar-refractivity contribution in [2.24, 2.45) is 0 Å². The first kappa shape index (κ1) is 22.4. The van der Waals surface area contributed by atoms with Crippen LogP contribution in [0.1, 0.15) is 5.56 Å². The highest BCUT2D eigenvalue weighted by atomic mass is 35.5. The zero-order valence-electron chi connectivity index (χ0n) is 17.1. The van der Waals surface area contributed by atoms with Gasteiger partial charge in [0.25, 0.3) is 0 Å². The molecule has 32 heavy (non-hydrogen) atoms. The van der Waals surface area contributed by atoms with Crippen molar-refractivity contribution >= 4 is 35.0 Å². The quantitative estimate of drug-likeness (QED) is 0.741. The van der Waals surface area contributed by atoms with Crippen LogP contribution in [-0.4, -0.2) is 73.4 Å². The highest BCUT2D eigenvalue weighted by molar-refractivity contribution is 6.31. The van der Waals surface area contributed by atoms with Gasteiger partial charge in [-0.05, 0) is 18.2 Å². The van der Waals surface area contributed by atoms with Crippen molar-refractivity contribution in [1.29, 1.82) is 0 Å². The molecule has 12 heteroatoms. The number of carbonyl (C=O) groups excluding carboxylic acids is 1. The van der Waals surface area contributed by atoms with E-state index in [9.17, 15) is 18.0 Å². The van der Waals surface area contributed by atoms with Crippen LogP contribution in [0.5, 0.6) is 0 Å². The van der Waals surface area contributed by atoms with E-state index in [1.807, 2.05) is 6.07 Å². The summed E-state index contributed by atoms with van der Waals surface area (Å²) in [5.41, 5.74) is -0.943. The second-order valence-electron chi connectivity index (χ2n) is 7.43. The Morgan fingerprint density at radius 2 is 1.59 bits per heavy atom. The number of alkyl halides is 3. The number of morpholine rings is 1. The van der Waals surface area contributed by atoms with Gasteiger partial charge in [0.2, 0.25) is 0 Å². The molecule has 2 amide bonds. The molecular formula is C20H22ClF3N6O2. The molecule has 0 radical (unpaired) electrons. The third kappa shape index (κ3) is 5.16. The Balaban J connectivity index is 1.35. The van der Waals surface area contributed by atoms with Gasteiger partial charge in [-0.25, -0.2) is 14.8 Å². The summed E-state index contributed by atoms with van der Waals surface area (Å²) < 4.78 is 44.5. The number of hydrogen-bond donors (Lipinski definition) is 1. The van der Waals surface area contributed by atoms with E-state index in [1.165, 1.54) is 12.4 Å². The Hall–Kier alpha value is -2.79. The van der Waals surface area contributed by atoms with Crippen LogP contribution < -0.4 is 15.1 Å². The van der Waals surface area contributed by atoms with E-state index in [0.717, 1.165) is 36.9 Å².